The van der Waals surface area contributed by atoms with E-state index in [0.717, 1.165) is 4.47 Å². The Morgan fingerprint density at radius 2 is 1.91 bits per heavy atom. The van der Waals surface area contributed by atoms with Gasteiger partial charge in [0.2, 0.25) is 0 Å². The van der Waals surface area contributed by atoms with E-state index in [-0.39, 0.29) is 20.9 Å². The number of rotatable bonds is 0. The van der Waals surface area contributed by atoms with Gasteiger partial charge in [-0.2, -0.15) is 0 Å². The molecule has 1 heterocycles. The Morgan fingerprint density at radius 1 is 1.18 bits per heavy atom. The van der Waals surface area contributed by atoms with Gasteiger partial charge in [-0.25, -0.2) is 0 Å². The van der Waals surface area contributed by atoms with Gasteiger partial charge < -0.3 is 0 Å². The second kappa shape index (κ2) is 2.97. The van der Waals surface area contributed by atoms with Crippen LogP contribution in [-0.2, 0) is 15.7 Å². The van der Waals surface area contributed by atoms with Crippen LogP contribution in [0.15, 0.2) is 24.3 Å². The SMILES string of the molecule is O=C1Cc2ccccc2C[Te]1. The number of fused-ring (bicyclic) bond motifs is 1. The average molecular weight is 260 g/mol. The van der Waals surface area contributed by atoms with Gasteiger partial charge in [0, 0.05) is 0 Å². The summed E-state index contributed by atoms with van der Waals surface area (Å²) in [6, 6.07) is 8.28. The van der Waals surface area contributed by atoms with Gasteiger partial charge in [-0.1, -0.05) is 0 Å². The van der Waals surface area contributed by atoms with Crippen LogP contribution in [0.3, 0.4) is 0 Å². The predicted octanol–water partition coefficient (Wildman–Crippen LogP) is 0.974. The molecule has 1 aliphatic heterocycles. The van der Waals surface area contributed by atoms with E-state index in [2.05, 4.69) is 18.2 Å². The molecule has 2 heteroatoms. The van der Waals surface area contributed by atoms with Crippen molar-refractivity contribution >= 4 is 24.8 Å². The fourth-order valence-corrected chi connectivity index (χ4v) is 3.68. The third kappa shape index (κ3) is 1.47. The predicted molar refractivity (Wildman–Crippen MR) is 44.6 cm³/mol. The summed E-state index contributed by atoms with van der Waals surface area (Å²) in [6.45, 7) is 0. The Bertz CT molecular complexity index is 293. The van der Waals surface area contributed by atoms with Crippen LogP contribution in [0.2, 0.25) is 0 Å². The zero-order chi connectivity index (χ0) is 7.68. The number of hydrogen-bond donors (Lipinski definition) is 0. The van der Waals surface area contributed by atoms with E-state index in [9.17, 15) is 4.79 Å². The standard InChI is InChI=1S/C9H8OTe/c10-9-5-7-3-1-2-4-8(7)6-11-9/h1-4H,5-6H2. The molecule has 11 heavy (non-hydrogen) atoms. The summed E-state index contributed by atoms with van der Waals surface area (Å²) >= 11 is -0.341. The molecule has 0 saturated heterocycles. The van der Waals surface area contributed by atoms with Crippen LogP contribution in [0.5, 0.6) is 0 Å². The minimum atomic E-state index is -0.341. The zero-order valence-corrected chi connectivity index (χ0v) is 8.37. The van der Waals surface area contributed by atoms with Crippen molar-refractivity contribution in [1.82, 2.24) is 0 Å². The third-order valence-corrected chi connectivity index (χ3v) is 4.47. The van der Waals surface area contributed by atoms with Crippen molar-refractivity contribution in [3.8, 4) is 0 Å². The molecule has 2 rings (SSSR count). The van der Waals surface area contributed by atoms with E-state index in [1.807, 2.05) is 6.07 Å². The molecule has 1 nitrogen and oxygen atoms in total. The zero-order valence-electron chi connectivity index (χ0n) is 6.04. The first-order valence-corrected chi connectivity index (χ1v) is 6.40. The van der Waals surface area contributed by atoms with Crippen LogP contribution < -0.4 is 0 Å². The van der Waals surface area contributed by atoms with Crippen molar-refractivity contribution in [1.29, 1.82) is 0 Å². The first-order chi connectivity index (χ1) is 5.36. The Balaban J connectivity index is 2.41. The molecule has 0 bridgehead atoms. The summed E-state index contributed by atoms with van der Waals surface area (Å²) < 4.78 is 1.58. The van der Waals surface area contributed by atoms with Crippen LogP contribution >= 0.6 is 0 Å². The molecule has 1 aliphatic rings. The number of hydrogen-bond acceptors (Lipinski definition) is 1. The monoisotopic (exact) mass is 262 g/mol. The number of carbonyl (C=O) groups is 1. The number of carbonyl (C=O) groups excluding carboxylic acids is 1. The molecule has 0 radical (unpaired) electrons. The van der Waals surface area contributed by atoms with E-state index in [4.69, 9.17) is 0 Å². The topological polar surface area (TPSA) is 17.1 Å². The summed E-state index contributed by atoms with van der Waals surface area (Å²) in [6.07, 6.45) is 0.707. The molecular formula is C9H8OTe. The van der Waals surface area contributed by atoms with E-state index >= 15 is 0 Å². The first-order valence-electron chi connectivity index (χ1n) is 3.58. The fourth-order valence-electron chi connectivity index (χ4n) is 1.24. The maximum absolute atomic E-state index is 11.1. The van der Waals surface area contributed by atoms with Crippen molar-refractivity contribution in [2.45, 2.75) is 10.9 Å². The Kier molecular flexibility index (Phi) is 1.98. The van der Waals surface area contributed by atoms with Crippen LogP contribution in [0.1, 0.15) is 11.1 Å². The normalized spacial score (nSPS) is 16.2. The Labute approximate surface area is 75.9 Å². The van der Waals surface area contributed by atoms with E-state index in [1.165, 1.54) is 11.1 Å². The van der Waals surface area contributed by atoms with Gasteiger partial charge in [0.15, 0.2) is 0 Å². The molecule has 0 aliphatic carbocycles. The van der Waals surface area contributed by atoms with Gasteiger partial charge in [-0.05, 0) is 0 Å². The first kappa shape index (κ1) is 7.34. The Morgan fingerprint density at radius 3 is 2.73 bits per heavy atom. The second-order valence-electron chi connectivity index (χ2n) is 2.61. The van der Waals surface area contributed by atoms with E-state index in [1.54, 1.807) is 0 Å². The van der Waals surface area contributed by atoms with Crippen LogP contribution in [0, 0.1) is 0 Å². The van der Waals surface area contributed by atoms with Crippen LogP contribution in [0.4, 0.5) is 0 Å². The minimum absolute atomic E-state index is 0.341. The van der Waals surface area contributed by atoms with Crippen LogP contribution in [0.25, 0.3) is 0 Å². The molecule has 0 saturated carbocycles. The van der Waals surface area contributed by atoms with Gasteiger partial charge in [0.25, 0.3) is 0 Å². The molecule has 0 spiro atoms. The summed E-state index contributed by atoms with van der Waals surface area (Å²) in [7, 11) is 0. The summed E-state index contributed by atoms with van der Waals surface area (Å²) in [4.78, 5) is 11.1. The molecule has 1 aromatic carbocycles. The summed E-state index contributed by atoms with van der Waals surface area (Å²) in [5.74, 6) is 0. The maximum atomic E-state index is 11.1. The molecular weight excluding hydrogens is 252 g/mol. The molecule has 0 N–H and O–H groups in total. The summed E-state index contributed by atoms with van der Waals surface area (Å²) in [5, 5.41) is 0. The molecule has 0 fully saturated rings. The quantitative estimate of drug-likeness (QED) is 0.635. The van der Waals surface area contributed by atoms with Crippen molar-refractivity contribution in [3.63, 3.8) is 0 Å². The van der Waals surface area contributed by atoms with E-state index in [0.29, 0.717) is 10.3 Å². The number of benzene rings is 1. The molecule has 1 aromatic rings. The van der Waals surface area contributed by atoms with E-state index < -0.39 is 0 Å². The van der Waals surface area contributed by atoms with Gasteiger partial charge in [0.05, 0.1) is 0 Å². The molecule has 56 valence electrons. The van der Waals surface area contributed by atoms with Crippen molar-refractivity contribution in [2.24, 2.45) is 0 Å². The average Bonchev–Trinajstić information content (AvgIpc) is 2.04. The molecule has 0 atom stereocenters. The summed E-state index contributed by atoms with van der Waals surface area (Å²) in [5.41, 5.74) is 2.67. The van der Waals surface area contributed by atoms with Crippen molar-refractivity contribution in [2.75, 3.05) is 0 Å². The van der Waals surface area contributed by atoms with Crippen molar-refractivity contribution in [3.05, 3.63) is 35.4 Å². The second-order valence-corrected chi connectivity index (χ2v) is 5.55. The molecule has 0 unspecified atom stereocenters. The van der Waals surface area contributed by atoms with Gasteiger partial charge in [-0.3, -0.25) is 0 Å². The third-order valence-electron chi connectivity index (χ3n) is 1.84. The van der Waals surface area contributed by atoms with Gasteiger partial charge in [0.1, 0.15) is 0 Å². The van der Waals surface area contributed by atoms with Crippen molar-refractivity contribution < 1.29 is 4.79 Å². The molecule has 0 aromatic heterocycles. The van der Waals surface area contributed by atoms with Gasteiger partial charge in [-0.15, -0.1) is 0 Å². The van der Waals surface area contributed by atoms with Crippen LogP contribution in [-0.4, -0.2) is 24.8 Å². The van der Waals surface area contributed by atoms with Gasteiger partial charge >= 0.3 is 75.8 Å². The Hall–Kier alpha value is -0.320. The fraction of sp³-hybridized carbons (Fsp3) is 0.222. The molecule has 0 amide bonds.